The molecule has 0 bridgehead atoms. The van der Waals surface area contributed by atoms with Crippen LogP contribution in [0.1, 0.15) is 30.1 Å². The van der Waals surface area contributed by atoms with Gasteiger partial charge in [-0.05, 0) is 55.5 Å². The van der Waals surface area contributed by atoms with E-state index in [1.165, 1.54) is 17.7 Å². The quantitative estimate of drug-likeness (QED) is 0.700. The maximum atomic E-state index is 12.4. The van der Waals surface area contributed by atoms with Crippen LogP contribution in [0.2, 0.25) is 0 Å². The number of hydrogen-bond donors (Lipinski definition) is 3. The van der Waals surface area contributed by atoms with Gasteiger partial charge in [0.15, 0.2) is 6.54 Å². The molecule has 3 rings (SSSR count). The second-order valence-corrected chi connectivity index (χ2v) is 6.67. The summed E-state index contributed by atoms with van der Waals surface area (Å²) in [5, 5.41) is 5.75. The lowest BCUT2D eigenvalue weighted by Gasteiger charge is -2.12. The smallest absolute Gasteiger partial charge is 0.279 e. The summed E-state index contributed by atoms with van der Waals surface area (Å²) in [5.74, 6) is 0.586. The van der Waals surface area contributed by atoms with Crippen LogP contribution in [0.25, 0.3) is 0 Å². The lowest BCUT2D eigenvalue weighted by atomic mass is 10.2. The molecule has 0 radical (unpaired) electrons. The van der Waals surface area contributed by atoms with Crippen LogP contribution in [0, 0.1) is 0 Å². The molecular weight excluding hydrogens is 342 g/mol. The van der Waals surface area contributed by atoms with Gasteiger partial charge in [-0.25, -0.2) is 0 Å². The highest BCUT2D eigenvalue weighted by molar-refractivity contribution is 6.04. The van der Waals surface area contributed by atoms with Gasteiger partial charge in [0.25, 0.3) is 11.8 Å². The molecule has 2 aromatic carbocycles. The van der Waals surface area contributed by atoms with E-state index in [1.807, 2.05) is 19.1 Å². The average molecular weight is 368 g/mol. The summed E-state index contributed by atoms with van der Waals surface area (Å²) in [7, 11) is 0. The topological polar surface area (TPSA) is 71.9 Å². The Morgan fingerprint density at radius 2 is 1.52 bits per heavy atom. The van der Waals surface area contributed by atoms with E-state index in [4.69, 9.17) is 4.74 Å². The fourth-order valence-corrected chi connectivity index (χ4v) is 3.19. The zero-order valence-corrected chi connectivity index (χ0v) is 15.6. The fourth-order valence-electron chi connectivity index (χ4n) is 3.19. The number of quaternary nitrogens is 1. The maximum Gasteiger partial charge on any atom is 0.279 e. The van der Waals surface area contributed by atoms with Crippen LogP contribution in [-0.2, 0) is 4.79 Å². The first-order valence-corrected chi connectivity index (χ1v) is 9.42. The predicted octanol–water partition coefficient (Wildman–Crippen LogP) is 1.95. The molecule has 1 heterocycles. The highest BCUT2D eigenvalue weighted by atomic mass is 16.5. The minimum Gasteiger partial charge on any atom is -0.494 e. The van der Waals surface area contributed by atoms with Crippen molar-refractivity contribution in [3.63, 3.8) is 0 Å². The van der Waals surface area contributed by atoms with Crippen molar-refractivity contribution in [3.8, 4) is 5.75 Å². The maximum absolute atomic E-state index is 12.4. The molecule has 2 amide bonds. The zero-order chi connectivity index (χ0) is 19.1. The number of carbonyl (C=O) groups is 2. The molecule has 0 atom stereocenters. The van der Waals surface area contributed by atoms with Crippen molar-refractivity contribution in [3.05, 3.63) is 54.1 Å². The number of rotatable bonds is 7. The number of ether oxygens (including phenoxy) is 1. The van der Waals surface area contributed by atoms with Crippen LogP contribution >= 0.6 is 0 Å². The van der Waals surface area contributed by atoms with E-state index in [2.05, 4.69) is 10.6 Å². The van der Waals surface area contributed by atoms with Crippen LogP contribution < -0.4 is 20.3 Å². The van der Waals surface area contributed by atoms with Crippen molar-refractivity contribution >= 4 is 23.2 Å². The summed E-state index contributed by atoms with van der Waals surface area (Å²) in [5.41, 5.74) is 1.94. The number of likely N-dealkylation sites (tertiary alicyclic amines) is 1. The predicted molar refractivity (Wildman–Crippen MR) is 105 cm³/mol. The molecule has 0 saturated carbocycles. The summed E-state index contributed by atoms with van der Waals surface area (Å²) in [6.07, 6.45) is 2.39. The molecule has 3 N–H and O–H groups in total. The van der Waals surface area contributed by atoms with Gasteiger partial charge in [-0.1, -0.05) is 0 Å². The minimum atomic E-state index is -0.196. The Morgan fingerprint density at radius 3 is 2.15 bits per heavy atom. The Kier molecular flexibility index (Phi) is 6.44. The molecule has 1 fully saturated rings. The molecule has 0 aliphatic carbocycles. The van der Waals surface area contributed by atoms with Gasteiger partial charge in [0.05, 0.1) is 19.7 Å². The van der Waals surface area contributed by atoms with Gasteiger partial charge >= 0.3 is 0 Å². The van der Waals surface area contributed by atoms with E-state index in [9.17, 15) is 9.59 Å². The molecule has 142 valence electrons. The number of benzene rings is 2. The van der Waals surface area contributed by atoms with Crippen LogP contribution in [0.15, 0.2) is 48.5 Å². The summed E-state index contributed by atoms with van der Waals surface area (Å²) in [6.45, 7) is 5.17. The summed E-state index contributed by atoms with van der Waals surface area (Å²) in [6, 6.07) is 14.2. The molecule has 6 nitrogen and oxygen atoms in total. The Morgan fingerprint density at radius 1 is 0.926 bits per heavy atom. The molecule has 0 unspecified atom stereocenters. The highest BCUT2D eigenvalue weighted by Crippen LogP contribution is 2.17. The second kappa shape index (κ2) is 9.19. The first-order chi connectivity index (χ1) is 13.1. The Labute approximate surface area is 159 Å². The molecule has 1 aliphatic rings. The van der Waals surface area contributed by atoms with Crippen molar-refractivity contribution in [1.82, 2.24) is 0 Å². The number of carbonyl (C=O) groups excluding carboxylic acids is 2. The Balaban J connectivity index is 1.52. The lowest BCUT2D eigenvalue weighted by molar-refractivity contribution is -0.878. The van der Waals surface area contributed by atoms with Gasteiger partial charge in [-0.2, -0.15) is 0 Å². The summed E-state index contributed by atoms with van der Waals surface area (Å²) < 4.78 is 5.39. The molecular formula is C21H26N3O3+. The first-order valence-electron chi connectivity index (χ1n) is 9.42. The van der Waals surface area contributed by atoms with Crippen LogP contribution in [0.4, 0.5) is 11.4 Å². The van der Waals surface area contributed by atoms with Gasteiger partial charge in [0, 0.05) is 29.8 Å². The third-order valence-corrected chi connectivity index (χ3v) is 4.58. The van der Waals surface area contributed by atoms with E-state index in [0.717, 1.165) is 18.8 Å². The van der Waals surface area contributed by atoms with Gasteiger partial charge < -0.3 is 20.3 Å². The number of nitrogens with one attached hydrogen (secondary N) is 3. The normalized spacial score (nSPS) is 14.0. The largest absolute Gasteiger partial charge is 0.494 e. The zero-order valence-electron chi connectivity index (χ0n) is 15.6. The van der Waals surface area contributed by atoms with E-state index in [1.54, 1.807) is 36.4 Å². The van der Waals surface area contributed by atoms with Crippen molar-refractivity contribution in [1.29, 1.82) is 0 Å². The highest BCUT2D eigenvalue weighted by Gasteiger charge is 2.18. The first kappa shape index (κ1) is 18.9. The van der Waals surface area contributed by atoms with E-state index < -0.39 is 0 Å². The Bertz CT molecular complexity index is 766. The van der Waals surface area contributed by atoms with Crippen molar-refractivity contribution < 1.29 is 19.2 Å². The van der Waals surface area contributed by atoms with Crippen molar-refractivity contribution in [2.24, 2.45) is 0 Å². The van der Waals surface area contributed by atoms with Crippen LogP contribution in [0.5, 0.6) is 5.75 Å². The second-order valence-electron chi connectivity index (χ2n) is 6.67. The minimum absolute atomic E-state index is 0.0125. The monoisotopic (exact) mass is 368 g/mol. The van der Waals surface area contributed by atoms with E-state index >= 15 is 0 Å². The van der Waals surface area contributed by atoms with Gasteiger partial charge in [0.1, 0.15) is 5.75 Å². The average Bonchev–Trinajstić information content (AvgIpc) is 3.17. The lowest BCUT2D eigenvalue weighted by Crippen LogP contribution is -3.11. The standard InChI is InChI=1S/C21H25N3O3/c1-2-27-19-11-9-18(10-12-19)23-21(26)16-5-7-17(8-6-16)22-20(25)15-24-13-3-4-14-24/h5-12H,2-4,13-15H2,1H3,(H,22,25)(H,23,26)/p+1. The summed E-state index contributed by atoms with van der Waals surface area (Å²) in [4.78, 5) is 25.8. The fraction of sp³-hybridized carbons (Fsp3) is 0.333. The molecule has 27 heavy (non-hydrogen) atoms. The van der Waals surface area contributed by atoms with Gasteiger partial charge in [-0.15, -0.1) is 0 Å². The molecule has 1 saturated heterocycles. The third-order valence-electron chi connectivity index (χ3n) is 4.58. The molecule has 0 spiro atoms. The number of anilines is 2. The number of hydrogen-bond acceptors (Lipinski definition) is 3. The Hall–Kier alpha value is -2.86. The molecule has 1 aliphatic heterocycles. The van der Waals surface area contributed by atoms with Crippen LogP contribution in [0.3, 0.4) is 0 Å². The van der Waals surface area contributed by atoms with Crippen molar-refractivity contribution in [2.75, 3.05) is 36.9 Å². The molecule has 2 aromatic rings. The van der Waals surface area contributed by atoms with Crippen molar-refractivity contribution in [2.45, 2.75) is 19.8 Å². The van der Waals surface area contributed by atoms with Crippen LogP contribution in [-0.4, -0.2) is 38.1 Å². The number of amides is 2. The SMILES string of the molecule is CCOc1ccc(NC(=O)c2ccc(NC(=O)C[NH+]3CCCC3)cc2)cc1. The summed E-state index contributed by atoms with van der Waals surface area (Å²) >= 11 is 0. The molecule has 6 heteroatoms. The van der Waals surface area contributed by atoms with E-state index in [0.29, 0.717) is 30.1 Å². The third kappa shape index (κ3) is 5.56. The molecule has 0 aromatic heterocycles. The van der Waals surface area contributed by atoms with Gasteiger partial charge in [-0.3, -0.25) is 9.59 Å². The van der Waals surface area contributed by atoms with E-state index in [-0.39, 0.29) is 11.8 Å². The van der Waals surface area contributed by atoms with Gasteiger partial charge in [0.2, 0.25) is 0 Å².